The van der Waals surface area contributed by atoms with Crippen molar-refractivity contribution >= 4 is 34.0 Å². The van der Waals surface area contributed by atoms with E-state index >= 15 is 0 Å². The highest BCUT2D eigenvalue weighted by Gasteiger charge is 2.35. The predicted molar refractivity (Wildman–Crippen MR) is 102 cm³/mol. The number of halogens is 1. The van der Waals surface area contributed by atoms with Crippen LogP contribution in [0.2, 0.25) is 5.02 Å². The Hall–Kier alpha value is -1.79. The molecule has 1 saturated heterocycles. The summed E-state index contributed by atoms with van der Waals surface area (Å²) in [7, 11) is 0. The highest BCUT2D eigenvalue weighted by Crippen LogP contribution is 2.24. The van der Waals surface area contributed by atoms with Crippen molar-refractivity contribution in [3.05, 3.63) is 40.9 Å². The van der Waals surface area contributed by atoms with Crippen molar-refractivity contribution in [2.75, 3.05) is 31.1 Å². The van der Waals surface area contributed by atoms with Crippen LogP contribution in [0, 0.1) is 0 Å². The van der Waals surface area contributed by atoms with Gasteiger partial charge in [0.15, 0.2) is 10.7 Å². The summed E-state index contributed by atoms with van der Waals surface area (Å²) in [6.45, 7) is 6.73. The Labute approximate surface area is 157 Å². The van der Waals surface area contributed by atoms with Gasteiger partial charge in [-0.05, 0) is 44.5 Å². The maximum atomic E-state index is 13.0. The van der Waals surface area contributed by atoms with E-state index in [1.54, 1.807) is 35.6 Å². The van der Waals surface area contributed by atoms with E-state index in [1.165, 1.54) is 0 Å². The molecule has 0 aliphatic carbocycles. The molecule has 1 amide bonds. The lowest BCUT2D eigenvalue weighted by Gasteiger charge is -2.31. The van der Waals surface area contributed by atoms with Gasteiger partial charge in [0.25, 0.3) is 5.91 Å². The molecule has 7 heteroatoms. The van der Waals surface area contributed by atoms with Crippen LogP contribution in [-0.4, -0.2) is 47.6 Å². The molecule has 0 saturated carbocycles. The number of thiazole rings is 1. The van der Waals surface area contributed by atoms with E-state index in [4.69, 9.17) is 16.3 Å². The molecule has 25 heavy (non-hydrogen) atoms. The van der Waals surface area contributed by atoms with Crippen LogP contribution in [0.1, 0.15) is 20.3 Å². The van der Waals surface area contributed by atoms with Gasteiger partial charge in [-0.2, -0.15) is 0 Å². The Morgan fingerprint density at radius 3 is 2.64 bits per heavy atom. The van der Waals surface area contributed by atoms with Crippen LogP contribution in [0.5, 0.6) is 5.75 Å². The number of amides is 1. The number of rotatable bonds is 4. The van der Waals surface area contributed by atoms with Crippen molar-refractivity contribution < 1.29 is 9.53 Å². The van der Waals surface area contributed by atoms with Crippen molar-refractivity contribution in [3.63, 3.8) is 0 Å². The number of ether oxygens (including phenoxy) is 1. The molecule has 0 bridgehead atoms. The van der Waals surface area contributed by atoms with Gasteiger partial charge in [-0.15, -0.1) is 11.3 Å². The summed E-state index contributed by atoms with van der Waals surface area (Å²) in [4.78, 5) is 21.5. The molecule has 0 spiro atoms. The topological polar surface area (TPSA) is 45.7 Å². The zero-order chi connectivity index (χ0) is 17.9. The normalized spacial score (nSPS) is 15.8. The van der Waals surface area contributed by atoms with E-state index in [9.17, 15) is 4.79 Å². The molecule has 1 fully saturated rings. The second-order valence-electron chi connectivity index (χ2n) is 6.51. The van der Waals surface area contributed by atoms with E-state index in [2.05, 4.69) is 9.88 Å². The number of anilines is 1. The zero-order valence-electron chi connectivity index (χ0n) is 14.4. The van der Waals surface area contributed by atoms with Gasteiger partial charge >= 0.3 is 0 Å². The summed E-state index contributed by atoms with van der Waals surface area (Å²) in [5.74, 6) is 0.644. The third kappa shape index (κ3) is 4.44. The lowest BCUT2D eigenvalue weighted by molar-refractivity contribution is -0.145. The van der Waals surface area contributed by atoms with Crippen LogP contribution in [-0.2, 0) is 4.79 Å². The third-order valence-corrected chi connectivity index (χ3v) is 5.26. The monoisotopic (exact) mass is 379 g/mol. The summed E-state index contributed by atoms with van der Waals surface area (Å²) in [5, 5.41) is 3.64. The van der Waals surface area contributed by atoms with E-state index in [0.717, 1.165) is 31.2 Å². The fourth-order valence-electron chi connectivity index (χ4n) is 2.91. The summed E-state index contributed by atoms with van der Waals surface area (Å²) >= 11 is 7.53. The highest BCUT2D eigenvalue weighted by atomic mass is 35.5. The molecule has 0 radical (unpaired) electrons. The second-order valence-corrected chi connectivity index (χ2v) is 7.82. The number of nitrogens with zero attached hydrogens (tertiary/aromatic N) is 3. The first-order valence-corrected chi connectivity index (χ1v) is 9.60. The van der Waals surface area contributed by atoms with E-state index in [1.807, 2.05) is 30.3 Å². The Bertz CT molecular complexity index is 704. The Morgan fingerprint density at radius 2 is 1.96 bits per heavy atom. The van der Waals surface area contributed by atoms with Crippen LogP contribution >= 0.6 is 22.9 Å². The van der Waals surface area contributed by atoms with Crippen LogP contribution in [0.25, 0.3) is 0 Å². The number of carbonyl (C=O) groups is 1. The third-order valence-electron chi connectivity index (χ3n) is 4.17. The molecule has 0 atom stereocenters. The van der Waals surface area contributed by atoms with Gasteiger partial charge in [0.2, 0.25) is 0 Å². The minimum atomic E-state index is -0.926. The standard InChI is InChI=1S/C18H22ClN3O2S/c1-18(2,24-15-6-4-14(19)5-7-15)16(23)21-9-3-10-22(12-11-21)17-20-8-13-25-17/h4-8,13H,3,9-12H2,1-2H3. The molecule has 3 rings (SSSR count). The predicted octanol–water partition coefficient (Wildman–Crippen LogP) is 3.69. The first-order chi connectivity index (χ1) is 12.0. The van der Waals surface area contributed by atoms with Gasteiger partial charge < -0.3 is 14.5 Å². The zero-order valence-corrected chi connectivity index (χ0v) is 16.0. The van der Waals surface area contributed by atoms with E-state index in [-0.39, 0.29) is 5.91 Å². The molecule has 0 unspecified atom stereocenters. The molecule has 1 aromatic heterocycles. The fraction of sp³-hybridized carbons (Fsp3) is 0.444. The van der Waals surface area contributed by atoms with Gasteiger partial charge in [-0.25, -0.2) is 4.98 Å². The molecule has 2 aromatic rings. The second kappa shape index (κ2) is 7.62. The lowest BCUT2D eigenvalue weighted by atomic mass is 10.1. The SMILES string of the molecule is CC(C)(Oc1ccc(Cl)cc1)C(=O)N1CCCN(c2nccs2)CC1. The molecule has 134 valence electrons. The number of benzene rings is 1. The largest absolute Gasteiger partial charge is 0.478 e. The van der Waals surface area contributed by atoms with Gasteiger partial charge in [0, 0.05) is 42.8 Å². The molecule has 0 N–H and O–H groups in total. The molecule has 5 nitrogen and oxygen atoms in total. The smallest absolute Gasteiger partial charge is 0.266 e. The van der Waals surface area contributed by atoms with Gasteiger partial charge in [-0.1, -0.05) is 11.6 Å². The molecular formula is C18H22ClN3O2S. The van der Waals surface area contributed by atoms with Gasteiger partial charge in [0.1, 0.15) is 5.75 Å². The van der Waals surface area contributed by atoms with Crippen molar-refractivity contribution in [3.8, 4) is 5.75 Å². The van der Waals surface area contributed by atoms with E-state index in [0.29, 0.717) is 17.3 Å². The van der Waals surface area contributed by atoms with Crippen molar-refractivity contribution in [2.24, 2.45) is 0 Å². The summed E-state index contributed by atoms with van der Waals surface area (Å²) < 4.78 is 5.94. The first kappa shape index (κ1) is 18.0. The highest BCUT2D eigenvalue weighted by molar-refractivity contribution is 7.13. The van der Waals surface area contributed by atoms with Crippen LogP contribution in [0.3, 0.4) is 0 Å². The first-order valence-electron chi connectivity index (χ1n) is 8.34. The molecular weight excluding hydrogens is 358 g/mol. The quantitative estimate of drug-likeness (QED) is 0.812. The fourth-order valence-corrected chi connectivity index (χ4v) is 3.73. The van der Waals surface area contributed by atoms with Crippen LogP contribution < -0.4 is 9.64 Å². The van der Waals surface area contributed by atoms with E-state index < -0.39 is 5.60 Å². The molecule has 2 heterocycles. The number of hydrogen-bond donors (Lipinski definition) is 0. The maximum Gasteiger partial charge on any atom is 0.266 e. The lowest BCUT2D eigenvalue weighted by Crippen LogP contribution is -2.50. The minimum Gasteiger partial charge on any atom is -0.478 e. The average molecular weight is 380 g/mol. The summed E-state index contributed by atoms with van der Waals surface area (Å²) in [6.07, 6.45) is 2.74. The van der Waals surface area contributed by atoms with Crippen LogP contribution in [0.4, 0.5) is 5.13 Å². The molecule has 1 aromatic carbocycles. The number of hydrogen-bond acceptors (Lipinski definition) is 5. The van der Waals surface area contributed by atoms with Crippen molar-refractivity contribution in [2.45, 2.75) is 25.9 Å². The van der Waals surface area contributed by atoms with Crippen molar-refractivity contribution in [1.29, 1.82) is 0 Å². The average Bonchev–Trinajstić information content (AvgIpc) is 3.01. The summed E-state index contributed by atoms with van der Waals surface area (Å²) in [6, 6.07) is 7.08. The molecule has 1 aliphatic heterocycles. The number of aromatic nitrogens is 1. The van der Waals surface area contributed by atoms with Crippen molar-refractivity contribution in [1.82, 2.24) is 9.88 Å². The maximum absolute atomic E-state index is 13.0. The Morgan fingerprint density at radius 1 is 1.20 bits per heavy atom. The van der Waals surface area contributed by atoms with Gasteiger partial charge in [-0.3, -0.25) is 4.79 Å². The Kier molecular flexibility index (Phi) is 5.49. The van der Waals surface area contributed by atoms with Crippen LogP contribution in [0.15, 0.2) is 35.8 Å². The summed E-state index contributed by atoms with van der Waals surface area (Å²) in [5.41, 5.74) is -0.926. The molecule has 1 aliphatic rings. The number of carbonyl (C=O) groups excluding carboxylic acids is 1. The van der Waals surface area contributed by atoms with Gasteiger partial charge in [0.05, 0.1) is 0 Å². The minimum absolute atomic E-state index is 0.00318. The Balaban J connectivity index is 1.64.